The molecule has 2 aromatic heterocycles. The number of likely N-dealkylation sites (N-methyl/N-ethyl adjacent to an activating group) is 1. The number of aliphatic hydroxyl groups is 2. The second-order valence-electron chi connectivity index (χ2n) is 9.51. The van der Waals surface area contributed by atoms with E-state index in [1.807, 2.05) is 37.3 Å². The normalized spacial score (nSPS) is 21.9. The fraction of sp³-hybridized carbons (Fsp3) is 0.500. The number of nitrogens with one attached hydrogen (secondary N) is 1. The monoisotopic (exact) mass is 571 g/mol. The van der Waals surface area contributed by atoms with Crippen LogP contribution in [-0.4, -0.2) is 97.2 Å². The fourth-order valence-corrected chi connectivity index (χ4v) is 5.03. The number of benzene rings is 1. The standard InChI is InChI=1S/C26H37N9O6/c1-3-33(16-36)26(11-10-18(37)29-13-12-27,41-35(4-2)17-8-6-5-7-9-17)22-20(38)21(39)25(40-22)34-15-32-19-23(28)30-14-31-24(19)34/h5-9,14-16,20-22,25,38-39H,3-4,10-13,27H2,1-2H3,(H,29,37)(H2,28,30,31)/t20-,21+,22-,25+,26?/m0/s1. The fourth-order valence-electron chi connectivity index (χ4n) is 5.03. The van der Waals surface area contributed by atoms with Crippen LogP contribution in [0.25, 0.3) is 11.2 Å². The van der Waals surface area contributed by atoms with Crippen molar-refractivity contribution in [3.05, 3.63) is 43.0 Å². The van der Waals surface area contributed by atoms with E-state index in [9.17, 15) is 19.8 Å². The molecule has 3 heterocycles. The lowest BCUT2D eigenvalue weighted by atomic mass is 9.93. The van der Waals surface area contributed by atoms with E-state index in [2.05, 4.69) is 20.3 Å². The van der Waals surface area contributed by atoms with Crippen molar-refractivity contribution < 1.29 is 29.4 Å². The number of carbonyl (C=O) groups excluding carboxylic acids is 2. The summed E-state index contributed by atoms with van der Waals surface area (Å²) in [6.07, 6.45) is -2.50. The summed E-state index contributed by atoms with van der Waals surface area (Å²) in [5, 5.41) is 27.0. The first-order chi connectivity index (χ1) is 19.8. The zero-order chi connectivity index (χ0) is 29.6. The number of imidazole rings is 1. The summed E-state index contributed by atoms with van der Waals surface area (Å²) in [7, 11) is 0. The number of amides is 2. The molecule has 0 bridgehead atoms. The Morgan fingerprint density at radius 3 is 2.61 bits per heavy atom. The van der Waals surface area contributed by atoms with Gasteiger partial charge in [0, 0.05) is 39.0 Å². The first-order valence-corrected chi connectivity index (χ1v) is 13.5. The highest BCUT2D eigenvalue weighted by atomic mass is 16.7. The number of carbonyl (C=O) groups is 2. The molecule has 2 amide bonds. The van der Waals surface area contributed by atoms with Crippen LogP contribution in [-0.2, 0) is 19.2 Å². The Hall–Kier alpha value is -3.89. The topological polar surface area (TPSA) is 207 Å². The van der Waals surface area contributed by atoms with E-state index in [4.69, 9.17) is 21.0 Å². The number of hydrogen-bond donors (Lipinski definition) is 5. The van der Waals surface area contributed by atoms with E-state index in [0.717, 1.165) is 0 Å². The second kappa shape index (κ2) is 13.2. The van der Waals surface area contributed by atoms with Crippen LogP contribution in [0.4, 0.5) is 11.5 Å². The van der Waals surface area contributed by atoms with Gasteiger partial charge in [-0.3, -0.25) is 19.2 Å². The van der Waals surface area contributed by atoms with Crippen molar-refractivity contribution in [2.45, 2.75) is 57.0 Å². The van der Waals surface area contributed by atoms with Crippen molar-refractivity contribution in [3.63, 3.8) is 0 Å². The van der Waals surface area contributed by atoms with Crippen LogP contribution in [0.2, 0.25) is 0 Å². The van der Waals surface area contributed by atoms with Gasteiger partial charge in [0.05, 0.1) is 12.0 Å². The van der Waals surface area contributed by atoms with E-state index < -0.39 is 30.3 Å². The third-order valence-electron chi connectivity index (χ3n) is 7.07. The van der Waals surface area contributed by atoms with Gasteiger partial charge in [-0.25, -0.2) is 19.8 Å². The van der Waals surface area contributed by atoms with Crippen molar-refractivity contribution in [2.24, 2.45) is 5.73 Å². The largest absolute Gasteiger partial charge is 0.387 e. The highest BCUT2D eigenvalue weighted by Gasteiger charge is 2.58. The number of ether oxygens (including phenoxy) is 1. The van der Waals surface area contributed by atoms with Gasteiger partial charge in [-0.1, -0.05) is 18.2 Å². The van der Waals surface area contributed by atoms with Crippen LogP contribution in [0.1, 0.15) is 32.9 Å². The number of nitrogens with two attached hydrogens (primary N) is 2. The summed E-state index contributed by atoms with van der Waals surface area (Å²) in [4.78, 5) is 45.6. The Kier molecular flexibility index (Phi) is 9.67. The third kappa shape index (κ3) is 5.94. The molecular weight excluding hydrogens is 534 g/mol. The molecule has 3 aromatic rings. The average molecular weight is 572 g/mol. The van der Waals surface area contributed by atoms with E-state index in [1.165, 1.54) is 22.1 Å². The Morgan fingerprint density at radius 2 is 1.95 bits per heavy atom. The summed E-state index contributed by atoms with van der Waals surface area (Å²) in [6.45, 7) is 4.60. The van der Waals surface area contributed by atoms with Gasteiger partial charge in [-0.05, 0) is 26.0 Å². The van der Waals surface area contributed by atoms with Gasteiger partial charge in [0.1, 0.15) is 30.2 Å². The molecule has 41 heavy (non-hydrogen) atoms. The molecule has 0 saturated carbocycles. The predicted octanol–water partition coefficient (Wildman–Crippen LogP) is -0.484. The third-order valence-corrected chi connectivity index (χ3v) is 7.07. The highest BCUT2D eigenvalue weighted by Crippen LogP contribution is 2.42. The summed E-state index contributed by atoms with van der Waals surface area (Å²) >= 11 is 0. The number of fused-ring (bicyclic) bond motifs is 1. The summed E-state index contributed by atoms with van der Waals surface area (Å²) in [5.41, 5.74) is 11.0. The zero-order valence-electron chi connectivity index (χ0n) is 23.0. The molecule has 0 spiro atoms. The number of para-hydroxylation sites is 1. The smallest absolute Gasteiger partial charge is 0.220 e. The van der Waals surface area contributed by atoms with E-state index in [-0.39, 0.29) is 49.8 Å². The molecule has 15 heteroatoms. The lowest BCUT2D eigenvalue weighted by molar-refractivity contribution is -0.241. The van der Waals surface area contributed by atoms with Gasteiger partial charge in [0.25, 0.3) is 0 Å². The van der Waals surface area contributed by atoms with Gasteiger partial charge >= 0.3 is 0 Å². The Balaban J connectivity index is 1.78. The van der Waals surface area contributed by atoms with Gasteiger partial charge in [0.2, 0.25) is 12.3 Å². The van der Waals surface area contributed by atoms with Crippen LogP contribution < -0.4 is 21.8 Å². The minimum absolute atomic E-state index is 0.0831. The van der Waals surface area contributed by atoms with Crippen LogP contribution in [0.5, 0.6) is 0 Å². The molecule has 222 valence electrons. The number of nitrogen functional groups attached to an aromatic ring is 1. The molecule has 15 nitrogen and oxygen atoms in total. The number of nitrogens with zero attached hydrogens (tertiary/aromatic N) is 6. The molecule has 1 aliphatic heterocycles. The zero-order valence-corrected chi connectivity index (χ0v) is 23.0. The van der Waals surface area contributed by atoms with Crippen LogP contribution in [0.3, 0.4) is 0 Å². The number of aliphatic hydroxyl groups excluding tert-OH is 2. The number of hydrogen-bond acceptors (Lipinski definition) is 12. The minimum Gasteiger partial charge on any atom is -0.387 e. The molecule has 1 unspecified atom stereocenters. The number of rotatable bonds is 14. The van der Waals surface area contributed by atoms with Crippen molar-refractivity contribution in [1.82, 2.24) is 29.7 Å². The number of anilines is 2. The first-order valence-electron chi connectivity index (χ1n) is 13.5. The van der Waals surface area contributed by atoms with Crippen LogP contribution in [0.15, 0.2) is 43.0 Å². The number of hydroxylamine groups is 1. The van der Waals surface area contributed by atoms with Crippen LogP contribution >= 0.6 is 0 Å². The molecular formula is C26H37N9O6. The Labute approximate surface area is 237 Å². The van der Waals surface area contributed by atoms with E-state index in [1.54, 1.807) is 12.0 Å². The quantitative estimate of drug-likeness (QED) is 0.0944. The van der Waals surface area contributed by atoms with Gasteiger partial charge in [-0.2, -0.15) is 0 Å². The Morgan fingerprint density at radius 1 is 1.20 bits per heavy atom. The highest BCUT2D eigenvalue weighted by molar-refractivity contribution is 5.81. The molecule has 4 rings (SSSR count). The van der Waals surface area contributed by atoms with Crippen LogP contribution in [0, 0.1) is 0 Å². The van der Waals surface area contributed by atoms with E-state index >= 15 is 0 Å². The first kappa shape index (κ1) is 30.1. The maximum atomic E-state index is 12.7. The van der Waals surface area contributed by atoms with Crippen molar-refractivity contribution >= 4 is 35.0 Å². The van der Waals surface area contributed by atoms with Gasteiger partial charge in [-0.15, -0.1) is 0 Å². The predicted molar refractivity (Wildman–Crippen MR) is 149 cm³/mol. The molecule has 1 aliphatic rings. The second-order valence-corrected chi connectivity index (χ2v) is 9.51. The molecule has 0 radical (unpaired) electrons. The van der Waals surface area contributed by atoms with Crippen molar-refractivity contribution in [3.8, 4) is 0 Å². The van der Waals surface area contributed by atoms with E-state index in [0.29, 0.717) is 24.2 Å². The molecule has 7 N–H and O–H groups in total. The minimum atomic E-state index is -1.73. The molecule has 1 aromatic carbocycles. The molecule has 0 aliphatic carbocycles. The SMILES string of the molecule is CCN(OC(CCC(=O)NCCN)([C@H]1O[C@@H](n2cnc3c(N)ncnc32)[C@H](O)[C@@H]1O)N(C=O)CC)c1ccccc1. The lowest BCUT2D eigenvalue weighted by Gasteiger charge is -2.47. The average Bonchev–Trinajstić information content (AvgIpc) is 3.55. The maximum absolute atomic E-state index is 12.7. The number of aromatic nitrogens is 4. The van der Waals surface area contributed by atoms with Crippen molar-refractivity contribution in [2.75, 3.05) is 37.0 Å². The van der Waals surface area contributed by atoms with Gasteiger partial charge in [0.15, 0.2) is 23.4 Å². The summed E-state index contributed by atoms with van der Waals surface area (Å²) < 4.78 is 7.78. The summed E-state index contributed by atoms with van der Waals surface area (Å²) in [5.74, 6) is -0.190. The molecule has 1 fully saturated rings. The maximum Gasteiger partial charge on any atom is 0.220 e. The summed E-state index contributed by atoms with van der Waals surface area (Å²) in [6, 6.07) is 9.17. The molecule has 5 atom stereocenters. The van der Waals surface area contributed by atoms with Crippen molar-refractivity contribution in [1.29, 1.82) is 0 Å². The Bertz CT molecular complexity index is 1310. The lowest BCUT2D eigenvalue weighted by Crippen LogP contribution is -2.64. The van der Waals surface area contributed by atoms with Gasteiger partial charge < -0.3 is 36.6 Å². The molecule has 1 saturated heterocycles.